The van der Waals surface area contributed by atoms with Crippen LogP contribution in [-0.4, -0.2) is 12.5 Å². The van der Waals surface area contributed by atoms with E-state index >= 15 is 0 Å². The highest BCUT2D eigenvalue weighted by Crippen LogP contribution is 2.20. The molecule has 118 valence electrons. The van der Waals surface area contributed by atoms with E-state index in [-0.39, 0.29) is 18.3 Å². The molecule has 1 amide bonds. The molecule has 22 heavy (non-hydrogen) atoms. The van der Waals surface area contributed by atoms with Gasteiger partial charge in [0.2, 0.25) is 5.91 Å². The Morgan fingerprint density at radius 3 is 2.09 bits per heavy atom. The van der Waals surface area contributed by atoms with Crippen LogP contribution >= 0.6 is 12.4 Å². The lowest BCUT2D eigenvalue weighted by Crippen LogP contribution is -2.32. The van der Waals surface area contributed by atoms with Crippen molar-refractivity contribution in [2.45, 2.75) is 27.2 Å². The molecule has 2 rings (SSSR count). The first-order valence-corrected chi connectivity index (χ1v) is 7.22. The van der Waals surface area contributed by atoms with E-state index in [4.69, 9.17) is 5.73 Å². The predicted octanol–water partition coefficient (Wildman–Crippen LogP) is 3.90. The van der Waals surface area contributed by atoms with E-state index in [1.807, 2.05) is 36.1 Å². The second kappa shape index (κ2) is 7.85. The van der Waals surface area contributed by atoms with E-state index < -0.39 is 0 Å². The summed E-state index contributed by atoms with van der Waals surface area (Å²) in [5.74, 6) is 0.104. The Morgan fingerprint density at radius 2 is 1.59 bits per heavy atom. The highest BCUT2D eigenvalue weighted by atomic mass is 35.5. The zero-order chi connectivity index (χ0) is 15.4. The van der Waals surface area contributed by atoms with Gasteiger partial charge in [0.05, 0.1) is 6.42 Å². The summed E-state index contributed by atoms with van der Waals surface area (Å²) < 4.78 is 0. The summed E-state index contributed by atoms with van der Waals surface area (Å²) in [7, 11) is 0. The number of amides is 1. The minimum atomic E-state index is 0. The molecule has 0 bridgehead atoms. The number of hydrogen-bond acceptors (Lipinski definition) is 2. The van der Waals surface area contributed by atoms with Gasteiger partial charge >= 0.3 is 0 Å². The third-order valence-electron chi connectivity index (χ3n) is 3.47. The summed E-state index contributed by atoms with van der Waals surface area (Å²) in [6.07, 6.45) is 0.390. The number of nitrogens with two attached hydrogens (primary N) is 1. The van der Waals surface area contributed by atoms with Crippen LogP contribution in [0.25, 0.3) is 0 Å². The first kappa shape index (κ1) is 18.1. The standard InChI is InChI=1S/C18H22N2O.ClH/c1-4-20(17-10-13(2)9-14(3)11-17)18(21)12-15-5-7-16(19)8-6-15;/h5-11H,4,12,19H2,1-3H3;1H. The molecular formula is C18H23ClN2O. The van der Waals surface area contributed by atoms with Gasteiger partial charge < -0.3 is 10.6 Å². The molecule has 0 aromatic heterocycles. The first-order valence-electron chi connectivity index (χ1n) is 7.22. The maximum atomic E-state index is 12.5. The highest BCUT2D eigenvalue weighted by molar-refractivity contribution is 5.94. The minimum Gasteiger partial charge on any atom is -0.399 e. The Balaban J connectivity index is 0.00000242. The number of carbonyl (C=O) groups excluding carboxylic acids is 1. The van der Waals surface area contributed by atoms with Crippen molar-refractivity contribution >= 4 is 29.7 Å². The highest BCUT2D eigenvalue weighted by Gasteiger charge is 2.15. The Bertz CT molecular complexity index is 618. The Morgan fingerprint density at radius 1 is 1.05 bits per heavy atom. The summed E-state index contributed by atoms with van der Waals surface area (Å²) in [4.78, 5) is 14.4. The molecule has 0 radical (unpaired) electrons. The van der Waals surface area contributed by atoms with Crippen molar-refractivity contribution in [3.05, 3.63) is 59.2 Å². The quantitative estimate of drug-likeness (QED) is 0.869. The van der Waals surface area contributed by atoms with Gasteiger partial charge in [0.25, 0.3) is 0 Å². The van der Waals surface area contributed by atoms with Crippen molar-refractivity contribution in [3.63, 3.8) is 0 Å². The molecule has 2 aromatic carbocycles. The maximum Gasteiger partial charge on any atom is 0.231 e. The van der Waals surface area contributed by atoms with Gasteiger partial charge in [-0.3, -0.25) is 4.79 Å². The molecule has 0 fully saturated rings. The monoisotopic (exact) mass is 318 g/mol. The lowest BCUT2D eigenvalue weighted by atomic mass is 10.1. The largest absolute Gasteiger partial charge is 0.399 e. The molecule has 0 atom stereocenters. The smallest absolute Gasteiger partial charge is 0.231 e. The number of likely N-dealkylation sites (N-methyl/N-ethyl adjacent to an activating group) is 1. The van der Waals surface area contributed by atoms with Crippen LogP contribution in [0.15, 0.2) is 42.5 Å². The number of halogens is 1. The van der Waals surface area contributed by atoms with Gasteiger partial charge in [-0.25, -0.2) is 0 Å². The number of nitrogen functional groups attached to an aromatic ring is 1. The number of anilines is 2. The Kier molecular flexibility index (Phi) is 6.44. The van der Waals surface area contributed by atoms with Crippen LogP contribution in [0, 0.1) is 13.8 Å². The fourth-order valence-corrected chi connectivity index (χ4v) is 2.51. The van der Waals surface area contributed by atoms with Crippen molar-refractivity contribution < 1.29 is 4.79 Å². The van der Waals surface area contributed by atoms with Crippen molar-refractivity contribution in [3.8, 4) is 0 Å². The van der Waals surface area contributed by atoms with Gasteiger partial charge in [-0.05, 0) is 61.7 Å². The Hall–Kier alpha value is -2.00. The van der Waals surface area contributed by atoms with Crippen LogP contribution in [-0.2, 0) is 11.2 Å². The van der Waals surface area contributed by atoms with E-state index in [0.717, 1.165) is 11.3 Å². The summed E-state index contributed by atoms with van der Waals surface area (Å²) in [6.45, 7) is 6.76. The van der Waals surface area contributed by atoms with Gasteiger partial charge in [-0.15, -0.1) is 12.4 Å². The van der Waals surface area contributed by atoms with Gasteiger partial charge in [-0.2, -0.15) is 0 Å². The van der Waals surface area contributed by atoms with Crippen LogP contribution in [0.4, 0.5) is 11.4 Å². The molecule has 0 aliphatic heterocycles. The lowest BCUT2D eigenvalue weighted by molar-refractivity contribution is -0.117. The number of carbonyl (C=O) groups is 1. The number of benzene rings is 2. The van der Waals surface area contributed by atoms with Gasteiger partial charge in [0.1, 0.15) is 0 Å². The molecule has 0 unspecified atom stereocenters. The average Bonchev–Trinajstić information content (AvgIpc) is 2.41. The molecule has 0 saturated carbocycles. The van der Waals surface area contributed by atoms with Gasteiger partial charge in [0, 0.05) is 17.9 Å². The molecular weight excluding hydrogens is 296 g/mol. The number of hydrogen-bond donors (Lipinski definition) is 1. The molecule has 0 aliphatic rings. The van der Waals surface area contributed by atoms with Crippen LogP contribution in [0.5, 0.6) is 0 Å². The third-order valence-corrected chi connectivity index (χ3v) is 3.47. The zero-order valence-corrected chi connectivity index (χ0v) is 14.1. The van der Waals surface area contributed by atoms with E-state index in [1.165, 1.54) is 11.1 Å². The maximum absolute atomic E-state index is 12.5. The molecule has 0 heterocycles. The first-order chi connectivity index (χ1) is 9.99. The number of aryl methyl sites for hydroxylation is 2. The van der Waals surface area contributed by atoms with E-state index in [2.05, 4.69) is 32.0 Å². The molecule has 2 N–H and O–H groups in total. The number of nitrogens with zero attached hydrogens (tertiary/aromatic N) is 1. The second-order valence-corrected chi connectivity index (χ2v) is 5.40. The van der Waals surface area contributed by atoms with Gasteiger partial charge in [-0.1, -0.05) is 18.2 Å². The zero-order valence-electron chi connectivity index (χ0n) is 13.3. The molecule has 3 nitrogen and oxygen atoms in total. The fraction of sp³-hybridized carbons (Fsp3) is 0.278. The van der Waals surface area contributed by atoms with Crippen molar-refractivity contribution in [1.29, 1.82) is 0 Å². The van der Waals surface area contributed by atoms with Crippen molar-refractivity contribution in [2.75, 3.05) is 17.2 Å². The molecule has 0 spiro atoms. The van der Waals surface area contributed by atoms with Crippen LogP contribution in [0.2, 0.25) is 0 Å². The molecule has 0 saturated heterocycles. The number of rotatable bonds is 4. The Labute approximate surface area is 138 Å². The average molecular weight is 319 g/mol. The third kappa shape index (κ3) is 4.50. The van der Waals surface area contributed by atoms with Crippen LogP contribution in [0.1, 0.15) is 23.6 Å². The summed E-state index contributed by atoms with van der Waals surface area (Å²) >= 11 is 0. The van der Waals surface area contributed by atoms with E-state index in [9.17, 15) is 4.79 Å². The summed E-state index contributed by atoms with van der Waals surface area (Å²) in [6, 6.07) is 13.7. The second-order valence-electron chi connectivity index (χ2n) is 5.40. The van der Waals surface area contributed by atoms with Gasteiger partial charge in [0.15, 0.2) is 0 Å². The molecule has 2 aromatic rings. The predicted molar refractivity (Wildman–Crippen MR) is 95.7 cm³/mol. The fourth-order valence-electron chi connectivity index (χ4n) is 2.51. The molecule has 0 aliphatic carbocycles. The normalized spacial score (nSPS) is 9.95. The molecule has 4 heteroatoms. The van der Waals surface area contributed by atoms with Crippen molar-refractivity contribution in [2.24, 2.45) is 0 Å². The van der Waals surface area contributed by atoms with E-state index in [0.29, 0.717) is 18.7 Å². The van der Waals surface area contributed by atoms with E-state index in [1.54, 1.807) is 0 Å². The topological polar surface area (TPSA) is 46.3 Å². The summed E-state index contributed by atoms with van der Waals surface area (Å²) in [5.41, 5.74) is 10.7. The lowest BCUT2D eigenvalue weighted by Gasteiger charge is -2.22. The minimum absolute atomic E-state index is 0. The SMILES string of the molecule is CCN(C(=O)Cc1ccc(N)cc1)c1cc(C)cc(C)c1.Cl. The van der Waals surface area contributed by atoms with Crippen LogP contribution < -0.4 is 10.6 Å². The van der Waals surface area contributed by atoms with Crippen molar-refractivity contribution in [1.82, 2.24) is 0 Å². The van der Waals surface area contributed by atoms with Crippen LogP contribution in [0.3, 0.4) is 0 Å². The summed E-state index contributed by atoms with van der Waals surface area (Å²) in [5, 5.41) is 0.